The molecule has 0 saturated heterocycles. The number of aliphatic hydroxyl groups excluding tert-OH is 1. The van der Waals surface area contributed by atoms with Crippen molar-refractivity contribution in [2.45, 2.75) is 103 Å². The maximum absolute atomic E-state index is 11.5. The summed E-state index contributed by atoms with van der Waals surface area (Å²) in [5.74, 6) is -1.49. The first kappa shape index (κ1) is 30.2. The van der Waals surface area contributed by atoms with Crippen LogP contribution in [0.1, 0.15) is 96.8 Å². The van der Waals surface area contributed by atoms with Gasteiger partial charge < -0.3 is 30.2 Å². The molecule has 1 atom stereocenters. The van der Waals surface area contributed by atoms with Crippen molar-refractivity contribution < 1.29 is 39.0 Å². The minimum absolute atomic E-state index is 0.292. The quantitative estimate of drug-likeness (QED) is 0.148. The molecule has 0 heterocycles. The number of carboxylic acids is 1. The number of nitrogens with one attached hydrogen (secondary N) is 1. The summed E-state index contributed by atoms with van der Waals surface area (Å²) in [5.41, 5.74) is 0. The van der Waals surface area contributed by atoms with Crippen molar-refractivity contribution in [1.29, 1.82) is 0 Å². The van der Waals surface area contributed by atoms with E-state index in [0.717, 1.165) is 19.3 Å². The zero-order valence-electron chi connectivity index (χ0n) is 17.6. The third kappa shape index (κ3) is 29.3. The average Bonchev–Trinajstić information content (AvgIpc) is 2.62. The van der Waals surface area contributed by atoms with Crippen molar-refractivity contribution in [3.63, 3.8) is 0 Å². The molecule has 9 nitrogen and oxygen atoms in total. The summed E-state index contributed by atoms with van der Waals surface area (Å²) in [6.07, 6.45) is 16.6. The molecule has 0 rings (SSSR count). The average molecular weight is 442 g/mol. The number of carbonyl (C=O) groups excluding carboxylic acids is 1. The van der Waals surface area contributed by atoms with Gasteiger partial charge >= 0.3 is 13.8 Å². The third-order valence-electron chi connectivity index (χ3n) is 4.32. The first-order valence-electron chi connectivity index (χ1n) is 10.5. The first-order chi connectivity index (χ1) is 13.6. The number of aliphatic carboxylic acids is 1. The lowest BCUT2D eigenvalue weighted by atomic mass is 10.0. The summed E-state index contributed by atoms with van der Waals surface area (Å²) in [5, 5.41) is 19.9. The van der Waals surface area contributed by atoms with E-state index < -0.39 is 26.4 Å². The van der Waals surface area contributed by atoms with Crippen molar-refractivity contribution in [1.82, 2.24) is 5.32 Å². The van der Waals surface area contributed by atoms with Gasteiger partial charge in [-0.25, -0.2) is 9.36 Å². The molecular formula is C19H40NO8P. The fourth-order valence-electron chi connectivity index (χ4n) is 2.76. The van der Waals surface area contributed by atoms with Crippen LogP contribution in [0, 0.1) is 0 Å². The van der Waals surface area contributed by atoms with Gasteiger partial charge in [0.05, 0.1) is 6.61 Å². The van der Waals surface area contributed by atoms with Crippen molar-refractivity contribution >= 4 is 19.7 Å². The first-order valence-corrected chi connectivity index (χ1v) is 12.1. The second-order valence-electron chi connectivity index (χ2n) is 7.15. The highest BCUT2D eigenvalue weighted by Crippen LogP contribution is 2.25. The Hall–Kier alpha value is -0.990. The molecule has 0 aliphatic heterocycles. The number of unbranched alkanes of at least 4 members (excludes halogenated alkanes) is 12. The second-order valence-corrected chi connectivity index (χ2v) is 8.17. The van der Waals surface area contributed by atoms with Gasteiger partial charge in [0, 0.05) is 6.42 Å². The van der Waals surface area contributed by atoms with Crippen LogP contribution in [0.15, 0.2) is 0 Å². The van der Waals surface area contributed by atoms with Gasteiger partial charge in [0.1, 0.15) is 6.04 Å². The predicted octanol–water partition coefficient (Wildman–Crippen LogP) is 3.10. The molecule has 0 aliphatic carbocycles. The van der Waals surface area contributed by atoms with E-state index in [0.29, 0.717) is 6.42 Å². The van der Waals surface area contributed by atoms with Crippen LogP contribution in [-0.2, 0) is 14.2 Å². The summed E-state index contributed by atoms with van der Waals surface area (Å²) in [4.78, 5) is 43.8. The zero-order chi connectivity index (χ0) is 22.5. The largest absolute Gasteiger partial charge is 0.480 e. The molecule has 29 heavy (non-hydrogen) atoms. The number of carbonyl (C=O) groups is 2. The van der Waals surface area contributed by atoms with Crippen LogP contribution in [0.2, 0.25) is 0 Å². The van der Waals surface area contributed by atoms with Crippen LogP contribution in [0.3, 0.4) is 0 Å². The van der Waals surface area contributed by atoms with Crippen molar-refractivity contribution in [3.8, 4) is 0 Å². The van der Waals surface area contributed by atoms with E-state index in [4.69, 9.17) is 29.5 Å². The number of hydrogen-bond donors (Lipinski definition) is 6. The Kier molecular flexibility index (Phi) is 21.1. The van der Waals surface area contributed by atoms with Crippen LogP contribution in [0.5, 0.6) is 0 Å². The highest BCUT2D eigenvalue weighted by Gasteiger charge is 2.17. The summed E-state index contributed by atoms with van der Waals surface area (Å²) in [7, 11) is -4.64. The molecule has 1 amide bonds. The van der Waals surface area contributed by atoms with Crippen molar-refractivity contribution in [2.75, 3.05) is 6.61 Å². The van der Waals surface area contributed by atoms with E-state index in [9.17, 15) is 9.59 Å². The summed E-state index contributed by atoms with van der Waals surface area (Å²) < 4.78 is 8.88. The molecule has 0 aromatic rings. The summed E-state index contributed by atoms with van der Waals surface area (Å²) >= 11 is 0. The highest BCUT2D eigenvalue weighted by atomic mass is 31.2. The molecular weight excluding hydrogens is 401 g/mol. The maximum Gasteiger partial charge on any atom is 0.466 e. The minimum atomic E-state index is -4.64. The molecule has 0 aromatic heterocycles. The van der Waals surface area contributed by atoms with E-state index >= 15 is 0 Å². The highest BCUT2D eigenvalue weighted by molar-refractivity contribution is 7.45. The second kappa shape index (κ2) is 20.3. The zero-order valence-corrected chi connectivity index (χ0v) is 18.5. The van der Waals surface area contributed by atoms with E-state index in [1.54, 1.807) is 0 Å². The standard InChI is InChI=1S/C19H37NO4.H3O4P/c1-2-3-4-5-6-7-8-9-10-11-12-13-14-15-18(22)20-17(16-21)19(23)24;1-5(2,3)4/h17,21H,2-16H2,1H3,(H,20,22)(H,23,24);(H3,1,2,3,4). The molecule has 0 aliphatic rings. The number of hydrogen-bond acceptors (Lipinski definition) is 4. The number of aliphatic hydroxyl groups is 1. The van der Waals surface area contributed by atoms with Crippen LogP contribution in [0.25, 0.3) is 0 Å². The molecule has 0 fully saturated rings. The SMILES string of the molecule is CCCCCCCCCCCCCCCC(=O)NC(CO)C(=O)O.O=P(O)(O)O. The molecule has 10 heteroatoms. The molecule has 1 unspecified atom stereocenters. The molecule has 0 bridgehead atoms. The monoisotopic (exact) mass is 441 g/mol. The Morgan fingerprint density at radius 1 is 0.793 bits per heavy atom. The van der Waals surface area contributed by atoms with Crippen LogP contribution in [-0.4, -0.2) is 49.4 Å². The van der Waals surface area contributed by atoms with Gasteiger partial charge in [0.15, 0.2) is 0 Å². The van der Waals surface area contributed by atoms with Gasteiger partial charge in [0.25, 0.3) is 0 Å². The Morgan fingerprint density at radius 2 is 1.14 bits per heavy atom. The smallest absolute Gasteiger partial charge is 0.466 e. The lowest BCUT2D eigenvalue weighted by molar-refractivity contribution is -0.142. The van der Waals surface area contributed by atoms with E-state index in [-0.39, 0.29) is 5.91 Å². The Balaban J connectivity index is 0. The molecule has 0 saturated carbocycles. The number of phosphoric acid groups is 1. The van der Waals surface area contributed by atoms with E-state index in [1.807, 2.05) is 0 Å². The number of rotatable bonds is 17. The molecule has 0 radical (unpaired) electrons. The fourth-order valence-corrected chi connectivity index (χ4v) is 2.76. The van der Waals surface area contributed by atoms with Gasteiger partial charge in [-0.05, 0) is 6.42 Å². The lowest BCUT2D eigenvalue weighted by Gasteiger charge is -2.11. The lowest BCUT2D eigenvalue weighted by Crippen LogP contribution is -2.43. The third-order valence-corrected chi connectivity index (χ3v) is 4.32. The van der Waals surface area contributed by atoms with E-state index in [2.05, 4.69) is 12.2 Å². The molecule has 0 aromatic carbocycles. The Morgan fingerprint density at radius 3 is 1.45 bits per heavy atom. The minimum Gasteiger partial charge on any atom is -0.480 e. The molecule has 6 N–H and O–H groups in total. The Bertz CT molecular complexity index is 447. The van der Waals surface area contributed by atoms with Gasteiger partial charge in [-0.3, -0.25) is 4.79 Å². The summed E-state index contributed by atoms with van der Waals surface area (Å²) in [6, 6.07) is -1.18. The van der Waals surface area contributed by atoms with Gasteiger partial charge in [-0.1, -0.05) is 84.0 Å². The van der Waals surface area contributed by atoms with Crippen LogP contribution >= 0.6 is 7.82 Å². The molecule has 0 spiro atoms. The van der Waals surface area contributed by atoms with Gasteiger partial charge in [0.2, 0.25) is 5.91 Å². The summed E-state index contributed by atoms with van der Waals surface area (Å²) in [6.45, 7) is 1.67. The van der Waals surface area contributed by atoms with Crippen molar-refractivity contribution in [2.24, 2.45) is 0 Å². The van der Waals surface area contributed by atoms with Crippen molar-refractivity contribution in [3.05, 3.63) is 0 Å². The Labute approximate surface area is 174 Å². The van der Waals surface area contributed by atoms with Gasteiger partial charge in [-0.15, -0.1) is 0 Å². The number of amides is 1. The topological polar surface area (TPSA) is 164 Å². The number of carboxylic acid groups (broad SMARTS) is 1. The van der Waals surface area contributed by atoms with E-state index in [1.165, 1.54) is 64.2 Å². The van der Waals surface area contributed by atoms with Gasteiger partial charge in [-0.2, -0.15) is 0 Å². The normalized spacial score (nSPS) is 12.0. The predicted molar refractivity (Wildman–Crippen MR) is 111 cm³/mol. The fraction of sp³-hybridized carbons (Fsp3) is 0.895. The van der Waals surface area contributed by atoms with Crippen LogP contribution in [0.4, 0.5) is 0 Å². The van der Waals surface area contributed by atoms with Crippen LogP contribution < -0.4 is 5.32 Å². The maximum atomic E-state index is 11.5. The molecule has 174 valence electrons.